The van der Waals surface area contributed by atoms with Crippen molar-refractivity contribution >= 4 is 31.6 Å². The highest BCUT2D eigenvalue weighted by molar-refractivity contribution is 9.10. The molecular weight excluding hydrogens is 327 g/mol. The van der Waals surface area contributed by atoms with E-state index in [1.807, 2.05) is 0 Å². The molecule has 1 aliphatic rings. The number of nitrogens with one attached hydrogen (secondary N) is 1. The summed E-state index contributed by atoms with van der Waals surface area (Å²) in [6.45, 7) is -0.306. The lowest BCUT2D eigenvalue weighted by Gasteiger charge is -2.15. The first-order valence-corrected chi connectivity index (χ1v) is 7.47. The van der Waals surface area contributed by atoms with Gasteiger partial charge in [-0.05, 0) is 40.9 Å². The van der Waals surface area contributed by atoms with Gasteiger partial charge in [-0.2, -0.15) is 0 Å². The monoisotopic (exact) mass is 338 g/mol. The molecule has 0 saturated heterocycles. The minimum atomic E-state index is -4.02. The number of hydrogen-bond donors (Lipinski definition) is 3. The molecule has 0 heterocycles. The van der Waals surface area contributed by atoms with E-state index in [0.717, 1.165) is 12.1 Å². The van der Waals surface area contributed by atoms with Crippen LogP contribution in [-0.2, 0) is 10.0 Å². The van der Waals surface area contributed by atoms with Crippen LogP contribution in [0.15, 0.2) is 21.5 Å². The van der Waals surface area contributed by atoms with Gasteiger partial charge in [-0.1, -0.05) is 0 Å². The third-order valence-electron chi connectivity index (χ3n) is 2.85. The molecule has 0 unspecified atom stereocenters. The summed E-state index contributed by atoms with van der Waals surface area (Å²) in [6.07, 6.45) is 1.08. The van der Waals surface area contributed by atoms with E-state index in [4.69, 9.17) is 10.8 Å². The summed E-state index contributed by atoms with van der Waals surface area (Å²) >= 11 is 3.01. The number of benzene rings is 1. The van der Waals surface area contributed by atoms with E-state index < -0.39 is 26.3 Å². The molecule has 100 valence electrons. The maximum absolute atomic E-state index is 13.7. The lowest BCUT2D eigenvalue weighted by molar-refractivity contribution is 0.246. The Labute approximate surface area is 112 Å². The van der Waals surface area contributed by atoms with Gasteiger partial charge < -0.3 is 10.8 Å². The fourth-order valence-corrected chi connectivity index (χ4v) is 3.40. The second kappa shape index (κ2) is 4.44. The second-order valence-corrected chi connectivity index (χ2v) is 6.85. The number of aliphatic hydroxyl groups is 1. The van der Waals surface area contributed by atoms with Crippen molar-refractivity contribution in [1.29, 1.82) is 0 Å². The van der Waals surface area contributed by atoms with Crippen LogP contribution in [0.1, 0.15) is 12.8 Å². The van der Waals surface area contributed by atoms with E-state index in [-0.39, 0.29) is 12.3 Å². The van der Waals surface area contributed by atoms with Crippen LogP contribution in [0.5, 0.6) is 0 Å². The van der Waals surface area contributed by atoms with Gasteiger partial charge in [0.2, 0.25) is 10.0 Å². The Morgan fingerprint density at radius 2 is 2.11 bits per heavy atom. The van der Waals surface area contributed by atoms with E-state index in [1.54, 1.807) is 0 Å². The van der Waals surface area contributed by atoms with Gasteiger partial charge in [0.15, 0.2) is 0 Å². The molecule has 0 atom stereocenters. The van der Waals surface area contributed by atoms with Crippen molar-refractivity contribution in [3.05, 3.63) is 22.4 Å². The summed E-state index contributed by atoms with van der Waals surface area (Å²) < 4.78 is 40.3. The predicted octanol–water partition coefficient (Wildman–Crippen LogP) is 0.974. The Kier molecular flexibility index (Phi) is 3.39. The second-order valence-electron chi connectivity index (χ2n) is 4.35. The van der Waals surface area contributed by atoms with E-state index in [9.17, 15) is 12.8 Å². The van der Waals surface area contributed by atoms with E-state index in [0.29, 0.717) is 17.3 Å². The first-order valence-electron chi connectivity index (χ1n) is 5.19. The van der Waals surface area contributed by atoms with Gasteiger partial charge in [-0.3, -0.25) is 0 Å². The van der Waals surface area contributed by atoms with Crippen LogP contribution >= 0.6 is 15.9 Å². The standard InChI is InChI=1S/C10H12BrFN2O3S/c11-6-3-7(12)9(4-8(6)13)18(16,17)14-10(5-15)1-2-10/h3-4,14-15H,1-2,5,13H2. The molecule has 0 spiro atoms. The molecule has 1 saturated carbocycles. The van der Waals surface area contributed by atoms with Crippen molar-refractivity contribution in [2.24, 2.45) is 0 Å². The summed E-state index contributed by atoms with van der Waals surface area (Å²) in [5.74, 6) is -0.891. The molecule has 1 aromatic carbocycles. The lowest BCUT2D eigenvalue weighted by atomic mass is 10.3. The summed E-state index contributed by atoms with van der Waals surface area (Å²) in [5, 5.41) is 9.08. The van der Waals surface area contributed by atoms with Crippen molar-refractivity contribution in [2.75, 3.05) is 12.3 Å². The normalized spacial score (nSPS) is 17.7. The summed E-state index contributed by atoms with van der Waals surface area (Å²) in [5.41, 5.74) is 4.83. The molecule has 4 N–H and O–H groups in total. The molecule has 0 amide bonds. The average molecular weight is 339 g/mol. The molecule has 0 radical (unpaired) electrons. The Hall–Kier alpha value is -0.700. The number of aliphatic hydroxyl groups excluding tert-OH is 1. The van der Waals surface area contributed by atoms with Gasteiger partial charge in [0, 0.05) is 10.2 Å². The van der Waals surface area contributed by atoms with Crippen LogP contribution in [0.3, 0.4) is 0 Å². The highest BCUT2D eigenvalue weighted by Crippen LogP contribution is 2.37. The smallest absolute Gasteiger partial charge is 0.244 e. The van der Waals surface area contributed by atoms with Crippen LogP contribution in [-0.4, -0.2) is 25.7 Å². The number of sulfonamides is 1. The third kappa shape index (κ3) is 2.51. The van der Waals surface area contributed by atoms with Gasteiger partial charge in [-0.15, -0.1) is 0 Å². The summed E-state index contributed by atoms with van der Waals surface area (Å²) in [4.78, 5) is -0.511. The first kappa shape index (κ1) is 13.7. The quantitative estimate of drug-likeness (QED) is 0.713. The van der Waals surface area contributed by atoms with Crippen molar-refractivity contribution < 1.29 is 17.9 Å². The predicted molar refractivity (Wildman–Crippen MR) is 67.9 cm³/mol. The van der Waals surface area contributed by atoms with Crippen LogP contribution in [0.4, 0.5) is 10.1 Å². The average Bonchev–Trinajstić information content (AvgIpc) is 3.03. The molecule has 0 aliphatic heterocycles. The van der Waals surface area contributed by atoms with Crippen LogP contribution < -0.4 is 10.5 Å². The van der Waals surface area contributed by atoms with Crippen LogP contribution in [0.2, 0.25) is 0 Å². The van der Waals surface area contributed by atoms with Gasteiger partial charge in [0.1, 0.15) is 10.7 Å². The molecule has 18 heavy (non-hydrogen) atoms. The Morgan fingerprint density at radius 1 is 1.50 bits per heavy atom. The number of rotatable bonds is 4. The lowest BCUT2D eigenvalue weighted by Crippen LogP contribution is -2.39. The zero-order chi connectivity index (χ0) is 13.6. The minimum Gasteiger partial charge on any atom is -0.398 e. The largest absolute Gasteiger partial charge is 0.398 e. The van der Waals surface area contributed by atoms with Gasteiger partial charge in [0.05, 0.1) is 12.1 Å². The Balaban J connectivity index is 2.39. The molecule has 5 nitrogen and oxygen atoms in total. The van der Waals surface area contributed by atoms with Gasteiger partial charge in [0.25, 0.3) is 0 Å². The van der Waals surface area contributed by atoms with Crippen molar-refractivity contribution in [1.82, 2.24) is 4.72 Å². The van der Waals surface area contributed by atoms with Crippen molar-refractivity contribution in [2.45, 2.75) is 23.3 Å². The minimum absolute atomic E-state index is 0.130. The third-order valence-corrected chi connectivity index (χ3v) is 5.13. The number of nitrogen functional groups attached to an aromatic ring is 1. The molecular formula is C10H12BrFN2O3S. The van der Waals surface area contributed by atoms with Crippen molar-refractivity contribution in [3.8, 4) is 0 Å². The number of halogens is 2. The molecule has 1 aliphatic carbocycles. The van der Waals surface area contributed by atoms with Crippen LogP contribution in [0.25, 0.3) is 0 Å². The van der Waals surface area contributed by atoms with Crippen LogP contribution in [0, 0.1) is 5.82 Å². The fraction of sp³-hybridized carbons (Fsp3) is 0.400. The zero-order valence-electron chi connectivity index (χ0n) is 9.28. The molecule has 2 rings (SSSR count). The molecule has 1 aromatic rings. The number of hydrogen-bond acceptors (Lipinski definition) is 4. The Bertz CT molecular complexity index is 587. The highest BCUT2D eigenvalue weighted by atomic mass is 79.9. The summed E-state index contributed by atoms with van der Waals surface area (Å²) in [6, 6.07) is 2.05. The SMILES string of the molecule is Nc1cc(S(=O)(=O)NC2(CO)CC2)c(F)cc1Br. The Morgan fingerprint density at radius 3 is 2.61 bits per heavy atom. The zero-order valence-corrected chi connectivity index (χ0v) is 11.7. The maximum atomic E-state index is 13.7. The van der Waals surface area contributed by atoms with E-state index in [1.165, 1.54) is 0 Å². The topological polar surface area (TPSA) is 92.4 Å². The van der Waals surface area contributed by atoms with Gasteiger partial charge >= 0.3 is 0 Å². The molecule has 0 aromatic heterocycles. The number of anilines is 1. The highest BCUT2D eigenvalue weighted by Gasteiger charge is 2.46. The van der Waals surface area contributed by atoms with E-state index in [2.05, 4.69) is 20.7 Å². The van der Waals surface area contributed by atoms with Gasteiger partial charge in [-0.25, -0.2) is 17.5 Å². The molecule has 0 bridgehead atoms. The van der Waals surface area contributed by atoms with E-state index >= 15 is 0 Å². The molecule has 1 fully saturated rings. The fourth-order valence-electron chi connectivity index (χ4n) is 1.53. The maximum Gasteiger partial charge on any atom is 0.244 e. The summed E-state index contributed by atoms with van der Waals surface area (Å²) in [7, 11) is -4.02. The number of nitrogens with two attached hydrogens (primary N) is 1. The van der Waals surface area contributed by atoms with Crippen molar-refractivity contribution in [3.63, 3.8) is 0 Å². The first-order chi connectivity index (χ1) is 8.30. The molecule has 8 heteroatoms.